The molecule has 1 heterocycles. The molecule has 4 atom stereocenters. The molecule has 34 heavy (non-hydrogen) atoms. The second-order valence-electron chi connectivity index (χ2n) is 10.3. The first-order valence-electron chi connectivity index (χ1n) is 11.7. The number of hydrogen-bond donors (Lipinski definition) is 1. The molecule has 2 bridgehead atoms. The number of carbonyl (C=O) groups is 3. The van der Waals surface area contributed by atoms with E-state index in [1.807, 2.05) is 18.2 Å². The zero-order valence-corrected chi connectivity index (χ0v) is 20.8. The third-order valence-corrected chi connectivity index (χ3v) is 8.43. The quantitative estimate of drug-likeness (QED) is 0.451. The highest BCUT2D eigenvalue weighted by Gasteiger charge is 2.57. The van der Waals surface area contributed by atoms with E-state index < -0.39 is 43.7 Å². The summed E-state index contributed by atoms with van der Waals surface area (Å²) in [6, 6.07) is 11.2. The van der Waals surface area contributed by atoms with Crippen LogP contribution in [0.25, 0.3) is 0 Å². The maximum Gasteiger partial charge on any atom is 0.310 e. The topological polar surface area (TPSA) is 103 Å². The van der Waals surface area contributed by atoms with Crippen molar-refractivity contribution in [2.24, 2.45) is 11.8 Å². The first-order chi connectivity index (χ1) is 16.2. The number of nitrogens with zero attached hydrogens (tertiary/aromatic N) is 1. The summed E-state index contributed by atoms with van der Waals surface area (Å²) in [7, 11) is -1.41. The molecule has 4 unspecified atom stereocenters. The number of ketones is 1. The van der Waals surface area contributed by atoms with Crippen LogP contribution < -0.4 is 0 Å². The van der Waals surface area contributed by atoms with Crippen molar-refractivity contribution in [3.63, 3.8) is 0 Å². The maximum atomic E-state index is 13.3. The molecule has 3 aliphatic carbocycles. The van der Waals surface area contributed by atoms with Gasteiger partial charge in [-0.2, -0.15) is 0 Å². The number of phenols is 1. The number of hydrogen-bond acceptors (Lipinski definition) is 7. The minimum atomic E-state index is -1.41. The highest BCUT2D eigenvalue weighted by Crippen LogP contribution is 2.55. The lowest BCUT2D eigenvalue weighted by molar-refractivity contribution is -0.167. The Labute approximate surface area is 200 Å². The lowest BCUT2D eigenvalue weighted by Gasteiger charge is -2.46. The monoisotopic (exact) mass is 481 g/mol. The number of fused-ring (bicyclic) bond motifs is 2. The number of rotatable bonds is 8. The van der Waals surface area contributed by atoms with Crippen molar-refractivity contribution in [2.75, 3.05) is 13.2 Å². The van der Waals surface area contributed by atoms with Gasteiger partial charge in [0, 0.05) is 38.7 Å². The van der Waals surface area contributed by atoms with Gasteiger partial charge in [-0.05, 0) is 41.4 Å². The minimum Gasteiger partial charge on any atom is -0.508 e. The van der Waals surface area contributed by atoms with Crippen molar-refractivity contribution in [3.8, 4) is 5.75 Å². The van der Waals surface area contributed by atoms with Crippen LogP contribution in [0.4, 0.5) is 0 Å². The van der Waals surface area contributed by atoms with Crippen LogP contribution in [-0.2, 0) is 30.3 Å². The highest BCUT2D eigenvalue weighted by molar-refractivity contribution is 6.76. The first kappa shape index (κ1) is 24.1. The van der Waals surface area contributed by atoms with E-state index in [0.717, 1.165) is 17.3 Å². The average molecular weight is 482 g/mol. The Hall–Kier alpha value is -3.00. The summed E-state index contributed by atoms with van der Waals surface area (Å²) in [5.41, 5.74) is 2.22. The van der Waals surface area contributed by atoms with Crippen molar-refractivity contribution in [1.82, 2.24) is 4.98 Å². The van der Waals surface area contributed by atoms with Gasteiger partial charge in [-0.25, -0.2) is 0 Å². The molecule has 2 aromatic rings. The highest BCUT2D eigenvalue weighted by atomic mass is 28.3. The molecule has 0 saturated heterocycles. The van der Waals surface area contributed by atoms with Crippen LogP contribution in [-0.4, -0.2) is 49.1 Å². The van der Waals surface area contributed by atoms with E-state index >= 15 is 0 Å². The van der Waals surface area contributed by atoms with E-state index in [4.69, 9.17) is 9.47 Å². The molecule has 0 amide bonds. The molecule has 3 aliphatic rings. The fraction of sp³-hybridized carbons (Fsp3) is 0.462. The molecule has 5 rings (SSSR count). The molecule has 1 saturated carbocycles. The molecule has 0 aliphatic heterocycles. The number of benzene rings is 1. The second-order valence-corrected chi connectivity index (χ2v) is 16.0. The average Bonchev–Trinajstić information content (AvgIpc) is 2.78. The molecule has 1 fully saturated rings. The Bertz CT molecular complexity index is 1080. The number of carbonyl (C=O) groups excluding carboxylic acids is 3. The first-order valence-corrected chi connectivity index (χ1v) is 15.4. The number of aromatic hydroxyl groups is 1. The predicted octanol–water partition coefficient (Wildman–Crippen LogP) is 3.84. The van der Waals surface area contributed by atoms with Crippen molar-refractivity contribution in [1.29, 1.82) is 0 Å². The zero-order valence-electron chi connectivity index (χ0n) is 19.8. The molecule has 7 nitrogen and oxygen atoms in total. The number of aromatic nitrogens is 1. The number of esters is 2. The Morgan fingerprint density at radius 3 is 2.47 bits per heavy atom. The molecule has 1 N–H and O–H groups in total. The molecular formula is C26H31NO6Si. The van der Waals surface area contributed by atoms with Crippen LogP contribution in [0.1, 0.15) is 35.1 Å². The number of phenolic OH excluding ortho intramolecular Hbond substituents is 1. The fourth-order valence-corrected chi connectivity index (χ4v) is 5.73. The Morgan fingerprint density at radius 1 is 1.03 bits per heavy atom. The van der Waals surface area contributed by atoms with Gasteiger partial charge in [0.05, 0.1) is 31.0 Å². The van der Waals surface area contributed by atoms with Crippen LogP contribution in [0.3, 0.4) is 0 Å². The van der Waals surface area contributed by atoms with E-state index in [9.17, 15) is 19.5 Å². The molecule has 1 aromatic carbocycles. The van der Waals surface area contributed by atoms with E-state index in [1.54, 1.807) is 18.3 Å². The SMILES string of the molecule is C[Si](C)(C)CCOC(=O)C1C2CC(=O)C(c3cc(O)ccc32)C1C(=O)OCCc1ccccn1. The van der Waals surface area contributed by atoms with Crippen LogP contribution >= 0.6 is 0 Å². The van der Waals surface area contributed by atoms with E-state index in [-0.39, 0.29) is 24.6 Å². The van der Waals surface area contributed by atoms with Gasteiger partial charge in [-0.3, -0.25) is 19.4 Å². The Kier molecular flexibility index (Phi) is 6.88. The summed E-state index contributed by atoms with van der Waals surface area (Å²) in [4.78, 5) is 43.8. The van der Waals surface area contributed by atoms with Crippen molar-refractivity contribution in [2.45, 2.75) is 50.4 Å². The predicted molar refractivity (Wildman–Crippen MR) is 128 cm³/mol. The Morgan fingerprint density at radius 2 is 1.76 bits per heavy atom. The smallest absolute Gasteiger partial charge is 0.310 e. The van der Waals surface area contributed by atoms with Crippen LogP contribution in [0.15, 0.2) is 42.6 Å². The van der Waals surface area contributed by atoms with Crippen molar-refractivity contribution >= 4 is 25.8 Å². The van der Waals surface area contributed by atoms with Gasteiger partial charge in [0.2, 0.25) is 0 Å². The van der Waals surface area contributed by atoms with Crippen LogP contribution in [0.5, 0.6) is 5.75 Å². The standard InChI is InChI=1S/C26H31NO6Si/c1-34(2,3)13-12-33-25(30)23-20-15-21(29)22(19-14-17(28)7-8-18(19)20)24(23)26(31)32-11-9-16-6-4-5-10-27-16/h4-8,10,14,20,22-24,28H,9,11-13,15H2,1-3H3. The van der Waals surface area contributed by atoms with Crippen LogP contribution in [0, 0.1) is 11.8 Å². The lowest BCUT2D eigenvalue weighted by atomic mass is 9.55. The fourth-order valence-electron chi connectivity index (χ4n) is 5.01. The largest absolute Gasteiger partial charge is 0.508 e. The summed E-state index contributed by atoms with van der Waals surface area (Å²) in [5.74, 6) is -4.18. The van der Waals surface area contributed by atoms with E-state index in [2.05, 4.69) is 24.6 Å². The molecule has 0 radical (unpaired) electrons. The van der Waals surface area contributed by atoms with Gasteiger partial charge < -0.3 is 14.6 Å². The third kappa shape index (κ3) is 5.06. The molecule has 0 spiro atoms. The van der Waals surface area contributed by atoms with Gasteiger partial charge >= 0.3 is 11.9 Å². The van der Waals surface area contributed by atoms with Gasteiger partial charge in [0.25, 0.3) is 0 Å². The van der Waals surface area contributed by atoms with Gasteiger partial charge in [-0.15, -0.1) is 0 Å². The number of Topliss-reactive ketones (excluding diaryl/α,β-unsaturated/α-hetero) is 1. The maximum absolute atomic E-state index is 13.3. The van der Waals surface area contributed by atoms with E-state index in [1.165, 1.54) is 6.07 Å². The number of pyridine rings is 1. The Balaban J connectivity index is 1.58. The lowest BCUT2D eigenvalue weighted by Crippen LogP contribution is -2.50. The van der Waals surface area contributed by atoms with E-state index in [0.29, 0.717) is 18.6 Å². The molecule has 8 heteroatoms. The normalized spacial score (nSPS) is 23.3. The summed E-state index contributed by atoms with van der Waals surface area (Å²) in [5, 5.41) is 10.0. The molecule has 180 valence electrons. The zero-order chi connectivity index (χ0) is 24.5. The van der Waals surface area contributed by atoms with Crippen molar-refractivity contribution in [3.05, 3.63) is 59.4 Å². The van der Waals surface area contributed by atoms with Crippen molar-refractivity contribution < 1.29 is 29.0 Å². The number of ether oxygens (including phenoxy) is 2. The third-order valence-electron chi connectivity index (χ3n) is 6.72. The summed E-state index contributed by atoms with van der Waals surface area (Å²) < 4.78 is 11.2. The summed E-state index contributed by atoms with van der Waals surface area (Å²) >= 11 is 0. The van der Waals surface area contributed by atoms with Gasteiger partial charge in [0.15, 0.2) is 0 Å². The molecular weight excluding hydrogens is 450 g/mol. The summed E-state index contributed by atoms with van der Waals surface area (Å²) in [6.07, 6.45) is 2.28. The minimum absolute atomic E-state index is 0.0237. The van der Waals surface area contributed by atoms with Gasteiger partial charge in [0.1, 0.15) is 11.5 Å². The summed E-state index contributed by atoms with van der Waals surface area (Å²) in [6.45, 7) is 7.01. The molecule has 1 aromatic heterocycles. The van der Waals surface area contributed by atoms with Gasteiger partial charge in [-0.1, -0.05) is 31.8 Å². The van der Waals surface area contributed by atoms with Crippen LogP contribution in [0.2, 0.25) is 25.7 Å². The second kappa shape index (κ2) is 9.70.